The number of hydrogen-bond acceptors (Lipinski definition) is 7. The first-order valence-electron chi connectivity index (χ1n) is 9.23. The molecule has 154 valence electrons. The second kappa shape index (κ2) is 8.20. The molecular formula is C18H24N2O6S2. The number of amides is 2. The zero-order valence-electron chi connectivity index (χ0n) is 15.9. The van der Waals surface area contributed by atoms with Crippen molar-refractivity contribution in [3.8, 4) is 0 Å². The molecule has 10 heteroatoms. The first kappa shape index (κ1) is 20.8. The summed E-state index contributed by atoms with van der Waals surface area (Å²) in [6, 6.07) is -0.389. The van der Waals surface area contributed by atoms with Gasteiger partial charge in [-0.1, -0.05) is 0 Å². The predicted molar refractivity (Wildman–Crippen MR) is 105 cm³/mol. The van der Waals surface area contributed by atoms with Crippen LogP contribution in [0.25, 0.3) is 0 Å². The Labute approximate surface area is 168 Å². The molecule has 3 rings (SSSR count). The highest BCUT2D eigenvalue weighted by Crippen LogP contribution is 2.38. The average Bonchev–Trinajstić information content (AvgIpc) is 3.17. The molecule has 2 amide bonds. The summed E-state index contributed by atoms with van der Waals surface area (Å²) in [5, 5.41) is 3.16. The van der Waals surface area contributed by atoms with Crippen molar-refractivity contribution in [1.29, 1.82) is 0 Å². The monoisotopic (exact) mass is 428 g/mol. The fourth-order valence-electron chi connectivity index (χ4n) is 3.62. The standard InChI is InChI=1S/C18H24N2O6S2/c1-11(21)19-17-16(13-5-3-4-6-14(13)27-17)18(23)26-9-15(22)20(2)12-7-8-28(24,25)10-12/h12H,3-10H2,1-2H3,(H,19,21). The molecule has 1 unspecified atom stereocenters. The molecule has 0 spiro atoms. The lowest BCUT2D eigenvalue weighted by molar-refractivity contribution is -0.134. The van der Waals surface area contributed by atoms with Crippen molar-refractivity contribution in [2.45, 2.75) is 45.1 Å². The molecule has 0 aromatic carbocycles. The second-order valence-corrected chi connectivity index (χ2v) is 10.6. The van der Waals surface area contributed by atoms with Gasteiger partial charge < -0.3 is 15.0 Å². The molecule has 0 radical (unpaired) electrons. The quantitative estimate of drug-likeness (QED) is 0.710. The van der Waals surface area contributed by atoms with Crippen molar-refractivity contribution in [3.05, 3.63) is 16.0 Å². The molecule has 1 aromatic rings. The van der Waals surface area contributed by atoms with E-state index >= 15 is 0 Å². The summed E-state index contributed by atoms with van der Waals surface area (Å²) < 4.78 is 28.4. The zero-order valence-corrected chi connectivity index (χ0v) is 17.6. The number of rotatable bonds is 5. The van der Waals surface area contributed by atoms with E-state index in [1.165, 1.54) is 30.2 Å². The van der Waals surface area contributed by atoms with Crippen LogP contribution in [0.4, 0.5) is 5.00 Å². The van der Waals surface area contributed by atoms with E-state index in [9.17, 15) is 22.8 Å². The van der Waals surface area contributed by atoms with Crippen LogP contribution in [-0.2, 0) is 37.0 Å². The van der Waals surface area contributed by atoms with Crippen molar-refractivity contribution in [2.75, 3.05) is 30.5 Å². The molecule has 28 heavy (non-hydrogen) atoms. The van der Waals surface area contributed by atoms with Crippen LogP contribution < -0.4 is 5.32 Å². The Kier molecular flexibility index (Phi) is 6.09. The number of nitrogens with one attached hydrogen (secondary N) is 1. The number of carbonyl (C=O) groups is 3. The van der Waals surface area contributed by atoms with Gasteiger partial charge in [-0.15, -0.1) is 11.3 Å². The van der Waals surface area contributed by atoms with Gasteiger partial charge >= 0.3 is 5.97 Å². The maximum atomic E-state index is 12.7. The minimum Gasteiger partial charge on any atom is -0.452 e. The fraction of sp³-hybridized carbons (Fsp3) is 0.611. The van der Waals surface area contributed by atoms with Crippen LogP contribution in [0.15, 0.2) is 0 Å². The van der Waals surface area contributed by atoms with Crippen molar-refractivity contribution in [1.82, 2.24) is 4.90 Å². The molecule has 1 aromatic heterocycles. The van der Waals surface area contributed by atoms with E-state index in [1.807, 2.05) is 0 Å². The Balaban J connectivity index is 1.68. The average molecular weight is 429 g/mol. The summed E-state index contributed by atoms with van der Waals surface area (Å²) in [5.74, 6) is -1.35. The van der Waals surface area contributed by atoms with Crippen LogP contribution in [0.3, 0.4) is 0 Å². The van der Waals surface area contributed by atoms with Crippen molar-refractivity contribution < 1.29 is 27.5 Å². The number of hydrogen-bond donors (Lipinski definition) is 1. The predicted octanol–water partition coefficient (Wildman–Crippen LogP) is 1.39. The van der Waals surface area contributed by atoms with E-state index < -0.39 is 28.3 Å². The molecule has 8 nitrogen and oxygen atoms in total. The molecule has 2 aliphatic rings. The number of sulfone groups is 1. The highest BCUT2D eigenvalue weighted by Gasteiger charge is 2.33. The van der Waals surface area contributed by atoms with Crippen molar-refractivity contribution in [2.24, 2.45) is 0 Å². The Morgan fingerprint density at radius 3 is 2.61 bits per heavy atom. The number of anilines is 1. The maximum Gasteiger partial charge on any atom is 0.341 e. The minimum absolute atomic E-state index is 0.0616. The molecule has 2 heterocycles. The van der Waals surface area contributed by atoms with Gasteiger partial charge in [-0.25, -0.2) is 13.2 Å². The van der Waals surface area contributed by atoms with Gasteiger partial charge in [0.2, 0.25) is 5.91 Å². The summed E-state index contributed by atoms with van der Waals surface area (Å²) in [4.78, 5) is 39.0. The summed E-state index contributed by atoms with van der Waals surface area (Å²) in [6.45, 7) is 0.915. The maximum absolute atomic E-state index is 12.7. The van der Waals surface area contributed by atoms with Gasteiger partial charge in [0.15, 0.2) is 16.4 Å². The number of ether oxygens (including phenoxy) is 1. The summed E-state index contributed by atoms with van der Waals surface area (Å²) in [5.41, 5.74) is 1.24. The van der Waals surface area contributed by atoms with E-state index in [-0.39, 0.29) is 23.5 Å². The normalized spacial score (nSPS) is 20.3. The van der Waals surface area contributed by atoms with E-state index in [1.54, 1.807) is 0 Å². The molecule has 1 fully saturated rings. The van der Waals surface area contributed by atoms with Gasteiger partial charge in [0.05, 0.1) is 17.1 Å². The molecule has 0 saturated carbocycles. The fourth-order valence-corrected chi connectivity index (χ4v) is 6.71. The third kappa shape index (κ3) is 4.54. The first-order valence-corrected chi connectivity index (χ1v) is 11.9. The highest BCUT2D eigenvalue weighted by atomic mass is 32.2. The number of carbonyl (C=O) groups excluding carboxylic acids is 3. The van der Waals surface area contributed by atoms with Crippen molar-refractivity contribution >= 4 is 44.0 Å². The molecule has 1 saturated heterocycles. The number of thiophene rings is 1. The molecule has 0 bridgehead atoms. The van der Waals surface area contributed by atoms with Crippen LogP contribution in [0.2, 0.25) is 0 Å². The number of fused-ring (bicyclic) bond motifs is 1. The van der Waals surface area contributed by atoms with Gasteiger partial charge in [0.25, 0.3) is 5.91 Å². The molecular weight excluding hydrogens is 404 g/mol. The van der Waals surface area contributed by atoms with Crippen LogP contribution in [0.1, 0.15) is 47.0 Å². The summed E-state index contributed by atoms with van der Waals surface area (Å²) in [6.07, 6.45) is 3.99. The Hall–Kier alpha value is -1.94. The van der Waals surface area contributed by atoms with Gasteiger partial charge in [-0.3, -0.25) is 9.59 Å². The Morgan fingerprint density at radius 2 is 1.96 bits per heavy atom. The van der Waals surface area contributed by atoms with Gasteiger partial charge in [0.1, 0.15) is 5.00 Å². The second-order valence-electron chi connectivity index (χ2n) is 7.23. The Morgan fingerprint density at radius 1 is 1.25 bits per heavy atom. The lowest BCUT2D eigenvalue weighted by atomic mass is 9.95. The minimum atomic E-state index is -3.11. The summed E-state index contributed by atoms with van der Waals surface area (Å²) in [7, 11) is -1.58. The van der Waals surface area contributed by atoms with Crippen LogP contribution in [0.5, 0.6) is 0 Å². The number of nitrogens with zero attached hydrogens (tertiary/aromatic N) is 1. The molecule has 1 N–H and O–H groups in total. The lowest BCUT2D eigenvalue weighted by Crippen LogP contribution is -2.40. The topological polar surface area (TPSA) is 110 Å². The number of esters is 1. The van der Waals surface area contributed by atoms with Crippen LogP contribution >= 0.6 is 11.3 Å². The van der Waals surface area contributed by atoms with Gasteiger partial charge in [-0.2, -0.15) is 0 Å². The SMILES string of the molecule is CC(=O)Nc1sc2c(c1C(=O)OCC(=O)N(C)C1CCS(=O)(=O)C1)CCCC2. The molecule has 1 aliphatic carbocycles. The number of aryl methyl sites for hydroxylation is 1. The molecule has 1 aliphatic heterocycles. The lowest BCUT2D eigenvalue weighted by Gasteiger charge is -2.23. The largest absolute Gasteiger partial charge is 0.452 e. The van der Waals surface area contributed by atoms with Crippen LogP contribution in [-0.4, -0.2) is 62.3 Å². The third-order valence-corrected chi connectivity index (χ3v) is 8.10. The number of likely N-dealkylation sites (N-methyl/N-ethyl adjacent to an activating group) is 1. The van der Waals surface area contributed by atoms with Gasteiger partial charge in [-0.05, 0) is 37.7 Å². The van der Waals surface area contributed by atoms with E-state index in [0.717, 1.165) is 36.1 Å². The van der Waals surface area contributed by atoms with Crippen LogP contribution in [0, 0.1) is 0 Å². The smallest absolute Gasteiger partial charge is 0.341 e. The molecule has 1 atom stereocenters. The first-order chi connectivity index (χ1) is 13.2. The third-order valence-electron chi connectivity index (χ3n) is 5.14. The zero-order chi connectivity index (χ0) is 20.5. The van der Waals surface area contributed by atoms with E-state index in [4.69, 9.17) is 4.74 Å². The van der Waals surface area contributed by atoms with Crippen molar-refractivity contribution in [3.63, 3.8) is 0 Å². The van der Waals surface area contributed by atoms with Gasteiger partial charge in [0, 0.05) is 24.9 Å². The van der Waals surface area contributed by atoms with E-state index in [0.29, 0.717) is 17.0 Å². The Bertz CT molecular complexity index is 905. The summed E-state index contributed by atoms with van der Waals surface area (Å²) >= 11 is 1.38. The highest BCUT2D eigenvalue weighted by molar-refractivity contribution is 7.91. The van der Waals surface area contributed by atoms with E-state index in [2.05, 4.69) is 5.32 Å².